The molecular formula is C22H20N4O4. The molecule has 0 aromatic heterocycles. The lowest BCUT2D eigenvalue weighted by atomic mass is 9.77. The first-order valence-corrected chi connectivity index (χ1v) is 9.60. The van der Waals surface area contributed by atoms with Gasteiger partial charge >= 0.3 is 5.97 Å². The lowest BCUT2D eigenvalue weighted by Crippen LogP contribution is -2.42. The number of para-hydroxylation sites is 2. The van der Waals surface area contributed by atoms with Gasteiger partial charge in [0.05, 0.1) is 34.4 Å². The summed E-state index contributed by atoms with van der Waals surface area (Å²) in [6, 6.07) is 13.8. The van der Waals surface area contributed by atoms with Crippen molar-refractivity contribution in [2.45, 2.75) is 19.8 Å². The number of fused-ring (bicyclic) bond motifs is 2. The smallest absolute Gasteiger partial charge is 0.336 e. The average molecular weight is 404 g/mol. The molecule has 0 fully saturated rings. The summed E-state index contributed by atoms with van der Waals surface area (Å²) in [6.07, 6.45) is 1.74. The van der Waals surface area contributed by atoms with Crippen molar-refractivity contribution in [2.75, 3.05) is 6.61 Å². The number of allylic oxidation sites excluding steroid dienone is 1. The number of benzene rings is 2. The number of amidine groups is 1. The maximum atomic E-state index is 12.9. The quantitative estimate of drug-likeness (QED) is 0.467. The van der Waals surface area contributed by atoms with Crippen molar-refractivity contribution in [2.24, 2.45) is 15.9 Å². The molecule has 0 radical (unpaired) electrons. The van der Waals surface area contributed by atoms with E-state index in [2.05, 4.69) is 10.3 Å². The summed E-state index contributed by atoms with van der Waals surface area (Å²) in [5.74, 6) is -0.775. The lowest BCUT2D eigenvalue weighted by Gasteiger charge is -2.33. The first-order chi connectivity index (χ1) is 14.5. The zero-order chi connectivity index (χ0) is 21.3. The van der Waals surface area contributed by atoms with Crippen molar-refractivity contribution >= 4 is 35.1 Å². The predicted molar refractivity (Wildman–Crippen MR) is 113 cm³/mol. The normalized spacial score (nSPS) is 19.7. The fourth-order valence-corrected chi connectivity index (χ4v) is 3.83. The SMILES string of the molecule is CCOC(=O)C1=C(C)NC2=Nc3ccccc3N=CC2[C@@H]1c1cccc([N+](=O)[O-])c1. The highest BCUT2D eigenvalue weighted by molar-refractivity contribution is 6.07. The number of non-ortho nitro benzene ring substituents is 1. The summed E-state index contributed by atoms with van der Waals surface area (Å²) in [5, 5.41) is 14.6. The van der Waals surface area contributed by atoms with Gasteiger partial charge in [-0.15, -0.1) is 0 Å². The van der Waals surface area contributed by atoms with Gasteiger partial charge in [-0.3, -0.25) is 15.1 Å². The molecule has 30 heavy (non-hydrogen) atoms. The Morgan fingerprint density at radius 1 is 1.20 bits per heavy atom. The number of carbonyl (C=O) groups excluding carboxylic acids is 1. The van der Waals surface area contributed by atoms with Gasteiger partial charge < -0.3 is 10.1 Å². The number of nitrogens with zero attached hydrogens (tertiary/aromatic N) is 3. The summed E-state index contributed by atoms with van der Waals surface area (Å²) >= 11 is 0. The van der Waals surface area contributed by atoms with Gasteiger partial charge in [-0.1, -0.05) is 24.3 Å². The Kier molecular flexibility index (Phi) is 5.14. The second kappa shape index (κ2) is 7.90. The highest BCUT2D eigenvalue weighted by Crippen LogP contribution is 2.41. The van der Waals surface area contributed by atoms with E-state index >= 15 is 0 Å². The standard InChI is InChI=1S/C22H20N4O4/c1-3-30-22(27)19-13(2)24-21-16(12-23-17-9-4-5-10-18(17)25-21)20(19)14-7-6-8-15(11-14)26(28)29/h4-12,16,20H,3H2,1-2H3,(H,24,25)/t16?,20-/m0/s1. The Hall–Kier alpha value is -3.81. The molecule has 2 aromatic carbocycles. The number of nitro benzene ring substituents is 1. The minimum absolute atomic E-state index is 0.0424. The minimum Gasteiger partial charge on any atom is -0.463 e. The number of esters is 1. The van der Waals surface area contributed by atoms with E-state index in [1.54, 1.807) is 32.2 Å². The number of ether oxygens (including phenoxy) is 1. The molecule has 1 unspecified atom stereocenters. The van der Waals surface area contributed by atoms with Gasteiger partial charge in [0.2, 0.25) is 0 Å². The average Bonchev–Trinajstić information content (AvgIpc) is 2.92. The Labute approximate surface area is 173 Å². The fourth-order valence-electron chi connectivity index (χ4n) is 3.83. The largest absolute Gasteiger partial charge is 0.463 e. The number of hydrogen-bond acceptors (Lipinski definition) is 7. The van der Waals surface area contributed by atoms with E-state index in [9.17, 15) is 14.9 Å². The molecular weight excluding hydrogens is 384 g/mol. The maximum absolute atomic E-state index is 12.9. The monoisotopic (exact) mass is 404 g/mol. The van der Waals surface area contributed by atoms with Crippen LogP contribution < -0.4 is 5.32 Å². The zero-order valence-electron chi connectivity index (χ0n) is 16.5. The van der Waals surface area contributed by atoms with Gasteiger partial charge in [-0.05, 0) is 31.5 Å². The molecule has 0 amide bonds. The summed E-state index contributed by atoms with van der Waals surface area (Å²) < 4.78 is 5.30. The van der Waals surface area contributed by atoms with Gasteiger partial charge in [0, 0.05) is 30.0 Å². The Morgan fingerprint density at radius 3 is 2.70 bits per heavy atom. The molecule has 8 heteroatoms. The van der Waals surface area contributed by atoms with E-state index in [4.69, 9.17) is 9.73 Å². The van der Waals surface area contributed by atoms with E-state index < -0.39 is 22.7 Å². The van der Waals surface area contributed by atoms with Crippen LogP contribution in [-0.2, 0) is 9.53 Å². The highest BCUT2D eigenvalue weighted by atomic mass is 16.6. The molecule has 2 aliphatic heterocycles. The zero-order valence-corrected chi connectivity index (χ0v) is 16.5. The van der Waals surface area contributed by atoms with E-state index in [0.717, 1.165) is 0 Å². The van der Waals surface area contributed by atoms with Gasteiger partial charge in [-0.2, -0.15) is 0 Å². The molecule has 0 saturated carbocycles. The van der Waals surface area contributed by atoms with Crippen LogP contribution in [0.3, 0.4) is 0 Å². The number of rotatable bonds is 4. The molecule has 0 aliphatic carbocycles. The molecule has 0 bridgehead atoms. The van der Waals surface area contributed by atoms with Crippen LogP contribution in [0.5, 0.6) is 0 Å². The summed E-state index contributed by atoms with van der Waals surface area (Å²) in [7, 11) is 0. The van der Waals surface area contributed by atoms with Crippen LogP contribution in [0.25, 0.3) is 0 Å². The molecule has 2 heterocycles. The molecule has 4 rings (SSSR count). The van der Waals surface area contributed by atoms with Crippen molar-refractivity contribution in [1.29, 1.82) is 0 Å². The van der Waals surface area contributed by atoms with Crippen LogP contribution in [0.2, 0.25) is 0 Å². The van der Waals surface area contributed by atoms with Crippen molar-refractivity contribution in [3.63, 3.8) is 0 Å². The van der Waals surface area contributed by atoms with E-state index in [1.165, 1.54) is 12.1 Å². The molecule has 1 N–H and O–H groups in total. The Morgan fingerprint density at radius 2 is 1.97 bits per heavy atom. The summed E-state index contributed by atoms with van der Waals surface area (Å²) in [5.41, 5.74) is 3.03. The van der Waals surface area contributed by atoms with Crippen LogP contribution in [0, 0.1) is 16.0 Å². The number of nitro groups is 1. The maximum Gasteiger partial charge on any atom is 0.336 e. The number of aliphatic imine (C=N–C) groups is 2. The number of nitrogens with one attached hydrogen (secondary N) is 1. The van der Waals surface area contributed by atoms with Crippen LogP contribution in [0.15, 0.2) is 69.8 Å². The van der Waals surface area contributed by atoms with Crippen molar-refractivity contribution < 1.29 is 14.5 Å². The third-order valence-electron chi connectivity index (χ3n) is 5.14. The van der Waals surface area contributed by atoms with Crippen LogP contribution in [-0.4, -0.2) is 29.5 Å². The molecule has 152 valence electrons. The van der Waals surface area contributed by atoms with Gasteiger partial charge in [0.1, 0.15) is 5.84 Å². The van der Waals surface area contributed by atoms with Gasteiger partial charge in [0.25, 0.3) is 5.69 Å². The first kappa shape index (κ1) is 19.5. The molecule has 2 atom stereocenters. The fraction of sp³-hybridized carbons (Fsp3) is 0.227. The second-order valence-corrected chi connectivity index (χ2v) is 7.00. The topological polar surface area (TPSA) is 106 Å². The molecule has 0 saturated heterocycles. The van der Waals surface area contributed by atoms with Gasteiger partial charge in [-0.25, -0.2) is 9.79 Å². The summed E-state index contributed by atoms with van der Waals surface area (Å²) in [6.45, 7) is 3.74. The van der Waals surface area contributed by atoms with Crippen molar-refractivity contribution in [3.8, 4) is 0 Å². The third-order valence-corrected chi connectivity index (χ3v) is 5.14. The minimum atomic E-state index is -0.526. The van der Waals surface area contributed by atoms with Crippen LogP contribution in [0.4, 0.5) is 17.1 Å². The molecule has 8 nitrogen and oxygen atoms in total. The predicted octanol–water partition coefficient (Wildman–Crippen LogP) is 4.18. The lowest BCUT2D eigenvalue weighted by molar-refractivity contribution is -0.384. The van der Waals surface area contributed by atoms with Crippen molar-refractivity contribution in [1.82, 2.24) is 5.32 Å². The van der Waals surface area contributed by atoms with Crippen LogP contribution >= 0.6 is 0 Å². The summed E-state index contributed by atoms with van der Waals surface area (Å²) in [4.78, 5) is 33.1. The second-order valence-electron chi connectivity index (χ2n) is 7.00. The van der Waals surface area contributed by atoms with Gasteiger partial charge in [0.15, 0.2) is 0 Å². The third kappa shape index (κ3) is 3.47. The van der Waals surface area contributed by atoms with E-state index in [1.807, 2.05) is 24.3 Å². The van der Waals surface area contributed by atoms with Crippen LogP contribution in [0.1, 0.15) is 25.3 Å². The van der Waals surface area contributed by atoms with E-state index in [0.29, 0.717) is 34.0 Å². The number of hydrogen-bond donors (Lipinski definition) is 1. The molecule has 2 aromatic rings. The first-order valence-electron chi connectivity index (χ1n) is 9.60. The Balaban J connectivity index is 1.90. The number of carbonyl (C=O) groups is 1. The Bertz CT molecular complexity index is 1120. The molecule has 0 spiro atoms. The van der Waals surface area contributed by atoms with E-state index in [-0.39, 0.29) is 12.3 Å². The van der Waals surface area contributed by atoms with Crippen molar-refractivity contribution in [3.05, 3.63) is 75.5 Å². The highest BCUT2D eigenvalue weighted by Gasteiger charge is 2.40. The molecule has 2 aliphatic rings.